The van der Waals surface area contributed by atoms with Crippen LogP contribution in [0, 0.1) is 0 Å². The highest BCUT2D eigenvalue weighted by Gasteiger charge is 2.24. The van der Waals surface area contributed by atoms with Crippen LogP contribution in [0.3, 0.4) is 0 Å². The van der Waals surface area contributed by atoms with Gasteiger partial charge in [0.1, 0.15) is 0 Å². The van der Waals surface area contributed by atoms with Gasteiger partial charge in [0.25, 0.3) is 11.8 Å². The van der Waals surface area contributed by atoms with E-state index in [-0.39, 0.29) is 18.4 Å². The number of likely N-dealkylation sites (N-methyl/N-ethyl adjacent to an activating group) is 1. The monoisotopic (exact) mass is 351 g/mol. The number of carbonyl (C=O) groups is 2. The standard InChI is InChI=1S/C16H25N5O4/c1-18-3-5-21(6-4-18)16(23)13-11-15(19(2)17-13)25-12-14(22)20-7-9-24-10-8-20/h11H,3-10,12H2,1-2H3. The molecule has 0 N–H and O–H groups in total. The number of hydrogen-bond donors (Lipinski definition) is 0. The van der Waals surface area contributed by atoms with Crippen molar-refractivity contribution in [3.8, 4) is 5.88 Å². The lowest BCUT2D eigenvalue weighted by Crippen LogP contribution is -2.47. The summed E-state index contributed by atoms with van der Waals surface area (Å²) in [5, 5.41) is 4.24. The van der Waals surface area contributed by atoms with Crippen molar-refractivity contribution in [2.24, 2.45) is 7.05 Å². The molecule has 0 aromatic carbocycles. The Labute approximate surface area is 147 Å². The fraction of sp³-hybridized carbons (Fsp3) is 0.688. The van der Waals surface area contributed by atoms with Gasteiger partial charge in [0.15, 0.2) is 12.3 Å². The maximum absolute atomic E-state index is 12.5. The minimum atomic E-state index is -0.0990. The number of rotatable bonds is 4. The predicted molar refractivity (Wildman–Crippen MR) is 89.5 cm³/mol. The van der Waals surface area contributed by atoms with Gasteiger partial charge in [-0.3, -0.25) is 9.59 Å². The Hall–Kier alpha value is -2.13. The number of piperazine rings is 1. The number of aromatic nitrogens is 2. The summed E-state index contributed by atoms with van der Waals surface area (Å²) >= 11 is 0. The average Bonchev–Trinajstić information content (AvgIpc) is 3.01. The van der Waals surface area contributed by atoms with E-state index < -0.39 is 0 Å². The van der Waals surface area contributed by atoms with Gasteiger partial charge in [-0.2, -0.15) is 5.10 Å². The number of aryl methyl sites for hydroxylation is 1. The molecule has 2 aliphatic rings. The molecule has 0 bridgehead atoms. The molecule has 3 rings (SSSR count). The number of morpholine rings is 1. The van der Waals surface area contributed by atoms with Crippen molar-refractivity contribution in [3.63, 3.8) is 0 Å². The highest BCUT2D eigenvalue weighted by atomic mass is 16.5. The Morgan fingerprint density at radius 2 is 1.76 bits per heavy atom. The Morgan fingerprint density at radius 3 is 2.44 bits per heavy atom. The number of amides is 2. The van der Waals surface area contributed by atoms with Crippen LogP contribution in [0.4, 0.5) is 0 Å². The molecule has 2 amide bonds. The van der Waals surface area contributed by atoms with Crippen LogP contribution in [0.1, 0.15) is 10.5 Å². The SMILES string of the molecule is CN1CCN(C(=O)c2cc(OCC(=O)N3CCOCC3)n(C)n2)CC1. The minimum absolute atomic E-state index is 0.0678. The van der Waals surface area contributed by atoms with Crippen molar-refractivity contribution in [2.45, 2.75) is 0 Å². The summed E-state index contributed by atoms with van der Waals surface area (Å²) in [5.41, 5.74) is 0.348. The van der Waals surface area contributed by atoms with Crippen molar-refractivity contribution in [1.29, 1.82) is 0 Å². The molecular formula is C16H25N5O4. The molecule has 2 fully saturated rings. The molecule has 1 aromatic heterocycles. The fourth-order valence-electron chi connectivity index (χ4n) is 2.90. The van der Waals surface area contributed by atoms with E-state index in [2.05, 4.69) is 10.00 Å². The fourth-order valence-corrected chi connectivity index (χ4v) is 2.90. The van der Waals surface area contributed by atoms with Crippen molar-refractivity contribution >= 4 is 11.8 Å². The normalized spacial score (nSPS) is 19.1. The first-order chi connectivity index (χ1) is 12.0. The minimum Gasteiger partial charge on any atom is -0.468 e. The molecule has 2 saturated heterocycles. The van der Waals surface area contributed by atoms with Gasteiger partial charge < -0.3 is 24.2 Å². The van der Waals surface area contributed by atoms with Crippen molar-refractivity contribution in [2.75, 3.05) is 66.1 Å². The molecule has 9 heteroatoms. The largest absolute Gasteiger partial charge is 0.468 e. The smallest absolute Gasteiger partial charge is 0.274 e. The maximum atomic E-state index is 12.5. The summed E-state index contributed by atoms with van der Waals surface area (Å²) in [6.45, 7) is 5.31. The molecule has 0 saturated carbocycles. The Kier molecular flexibility index (Phi) is 5.54. The topological polar surface area (TPSA) is 80.1 Å². The zero-order valence-corrected chi connectivity index (χ0v) is 14.8. The van der Waals surface area contributed by atoms with E-state index in [9.17, 15) is 9.59 Å². The van der Waals surface area contributed by atoms with Crippen LogP contribution in [0.5, 0.6) is 5.88 Å². The van der Waals surface area contributed by atoms with Gasteiger partial charge in [0.2, 0.25) is 5.88 Å². The van der Waals surface area contributed by atoms with Gasteiger partial charge in [-0.15, -0.1) is 0 Å². The first-order valence-corrected chi connectivity index (χ1v) is 8.55. The van der Waals surface area contributed by atoms with E-state index in [1.807, 2.05) is 7.05 Å². The zero-order chi connectivity index (χ0) is 17.8. The molecule has 3 heterocycles. The van der Waals surface area contributed by atoms with Crippen LogP contribution in [0.25, 0.3) is 0 Å². The third-order valence-electron chi connectivity index (χ3n) is 4.55. The van der Waals surface area contributed by atoms with Gasteiger partial charge in [-0.1, -0.05) is 0 Å². The van der Waals surface area contributed by atoms with Gasteiger partial charge in [0, 0.05) is 52.4 Å². The Morgan fingerprint density at radius 1 is 1.08 bits per heavy atom. The van der Waals surface area contributed by atoms with Gasteiger partial charge in [-0.25, -0.2) is 4.68 Å². The molecule has 2 aliphatic heterocycles. The summed E-state index contributed by atoms with van der Waals surface area (Å²) in [6.07, 6.45) is 0. The summed E-state index contributed by atoms with van der Waals surface area (Å²) in [6, 6.07) is 1.60. The molecule has 0 aliphatic carbocycles. The number of nitrogens with zero attached hydrogens (tertiary/aromatic N) is 5. The average molecular weight is 351 g/mol. The van der Waals surface area contributed by atoms with Crippen LogP contribution in [-0.4, -0.2) is 102 Å². The van der Waals surface area contributed by atoms with Crippen molar-refractivity contribution < 1.29 is 19.1 Å². The van der Waals surface area contributed by atoms with Gasteiger partial charge >= 0.3 is 0 Å². The second-order valence-corrected chi connectivity index (χ2v) is 6.37. The molecule has 138 valence electrons. The first kappa shape index (κ1) is 17.7. The lowest BCUT2D eigenvalue weighted by atomic mass is 10.3. The number of ether oxygens (including phenoxy) is 2. The first-order valence-electron chi connectivity index (χ1n) is 8.55. The van der Waals surface area contributed by atoms with Crippen LogP contribution < -0.4 is 4.74 Å². The third kappa shape index (κ3) is 4.29. The molecule has 0 spiro atoms. The van der Waals surface area contributed by atoms with Crippen LogP contribution in [-0.2, 0) is 16.6 Å². The lowest BCUT2D eigenvalue weighted by Gasteiger charge is -2.31. The van der Waals surface area contributed by atoms with E-state index in [0.29, 0.717) is 51.0 Å². The van der Waals surface area contributed by atoms with E-state index in [1.54, 1.807) is 22.9 Å². The third-order valence-corrected chi connectivity index (χ3v) is 4.55. The summed E-state index contributed by atoms with van der Waals surface area (Å²) in [7, 11) is 3.75. The molecule has 0 atom stereocenters. The molecule has 0 unspecified atom stereocenters. The molecule has 0 radical (unpaired) electrons. The molecular weight excluding hydrogens is 326 g/mol. The molecule has 25 heavy (non-hydrogen) atoms. The maximum Gasteiger partial charge on any atom is 0.274 e. The van der Waals surface area contributed by atoms with E-state index in [4.69, 9.17) is 9.47 Å². The summed E-state index contributed by atoms with van der Waals surface area (Å²) < 4.78 is 12.3. The zero-order valence-electron chi connectivity index (χ0n) is 14.8. The summed E-state index contributed by atoms with van der Waals surface area (Å²) in [5.74, 6) is 0.230. The second-order valence-electron chi connectivity index (χ2n) is 6.37. The van der Waals surface area contributed by atoms with E-state index in [1.165, 1.54) is 4.68 Å². The number of carbonyl (C=O) groups excluding carboxylic acids is 2. The van der Waals surface area contributed by atoms with Crippen molar-refractivity contribution in [1.82, 2.24) is 24.5 Å². The van der Waals surface area contributed by atoms with Crippen LogP contribution in [0.2, 0.25) is 0 Å². The van der Waals surface area contributed by atoms with Crippen LogP contribution >= 0.6 is 0 Å². The summed E-state index contributed by atoms with van der Waals surface area (Å²) in [4.78, 5) is 30.4. The Bertz CT molecular complexity index is 618. The molecule has 9 nitrogen and oxygen atoms in total. The van der Waals surface area contributed by atoms with E-state index >= 15 is 0 Å². The highest BCUT2D eigenvalue weighted by Crippen LogP contribution is 2.15. The molecule has 1 aromatic rings. The van der Waals surface area contributed by atoms with Crippen LogP contribution in [0.15, 0.2) is 6.07 Å². The quantitative estimate of drug-likeness (QED) is 0.696. The predicted octanol–water partition coefficient (Wildman–Crippen LogP) is -0.955. The highest BCUT2D eigenvalue weighted by molar-refractivity contribution is 5.92. The van der Waals surface area contributed by atoms with Gasteiger partial charge in [-0.05, 0) is 7.05 Å². The van der Waals surface area contributed by atoms with E-state index in [0.717, 1.165) is 13.1 Å². The second kappa shape index (κ2) is 7.83. The Balaban J connectivity index is 1.56. The van der Waals surface area contributed by atoms with Crippen molar-refractivity contribution in [3.05, 3.63) is 11.8 Å². The lowest BCUT2D eigenvalue weighted by molar-refractivity contribution is -0.137. The number of hydrogen-bond acceptors (Lipinski definition) is 6. The van der Waals surface area contributed by atoms with Gasteiger partial charge in [0.05, 0.1) is 13.2 Å².